The molecule has 5 heteroatoms. The Bertz CT molecular complexity index is 217. The first kappa shape index (κ1) is 12.4. The van der Waals surface area contributed by atoms with Crippen LogP contribution in [0.1, 0.15) is 26.7 Å². The van der Waals surface area contributed by atoms with E-state index in [1.54, 1.807) is 0 Å². The highest BCUT2D eigenvalue weighted by atomic mass is 16.3. The van der Waals surface area contributed by atoms with Gasteiger partial charge in [-0.3, -0.25) is 15.1 Å². The molecule has 1 unspecified atom stereocenters. The molecule has 0 aliphatic heterocycles. The van der Waals surface area contributed by atoms with Crippen molar-refractivity contribution in [1.29, 1.82) is 0 Å². The van der Waals surface area contributed by atoms with Gasteiger partial charge in [0, 0.05) is 12.6 Å². The maximum Gasteiger partial charge on any atom is 0.251 e. The van der Waals surface area contributed by atoms with E-state index in [2.05, 4.69) is 10.3 Å². The van der Waals surface area contributed by atoms with Gasteiger partial charge >= 0.3 is 0 Å². The Balaban J connectivity index is 2.69. The van der Waals surface area contributed by atoms with Crippen molar-refractivity contribution < 1.29 is 9.90 Å². The lowest BCUT2D eigenvalue weighted by molar-refractivity contribution is -0.128. The summed E-state index contributed by atoms with van der Waals surface area (Å²) < 4.78 is 0. The molecule has 0 saturated heterocycles. The topological polar surface area (TPSA) is 78.6 Å². The smallest absolute Gasteiger partial charge is 0.251 e. The number of amides is 1. The van der Waals surface area contributed by atoms with Crippen LogP contribution in [0.5, 0.6) is 0 Å². The van der Waals surface area contributed by atoms with Crippen LogP contribution < -0.4 is 11.3 Å². The normalized spacial score (nSPS) is 18.3. The maximum absolute atomic E-state index is 11.6. The molecular formula is C10H21N3O2. The lowest BCUT2D eigenvalue weighted by Crippen LogP contribution is -2.53. The van der Waals surface area contributed by atoms with Gasteiger partial charge in [0.15, 0.2) is 0 Å². The van der Waals surface area contributed by atoms with Crippen LogP contribution in [-0.2, 0) is 4.79 Å². The van der Waals surface area contributed by atoms with Gasteiger partial charge in [-0.15, -0.1) is 0 Å². The quantitative estimate of drug-likeness (QED) is 0.316. The zero-order valence-electron chi connectivity index (χ0n) is 9.44. The van der Waals surface area contributed by atoms with Crippen LogP contribution in [0.15, 0.2) is 0 Å². The lowest BCUT2D eigenvalue weighted by atomic mass is 10.0. The summed E-state index contributed by atoms with van der Waals surface area (Å²) in [5.41, 5.74) is 2.21. The molecule has 15 heavy (non-hydrogen) atoms. The first-order valence-corrected chi connectivity index (χ1v) is 5.48. The second-order valence-electron chi connectivity index (χ2n) is 4.39. The van der Waals surface area contributed by atoms with Crippen LogP contribution in [0.3, 0.4) is 0 Å². The number of nitrogens with zero attached hydrogens (tertiary/aromatic N) is 1. The molecule has 88 valence electrons. The SMILES string of the molecule is CC(C)C(C(=O)NN)N(CCO)C1CC1. The predicted octanol–water partition coefficient (Wildman–Crippen LogP) is -0.542. The Morgan fingerprint density at radius 3 is 2.53 bits per heavy atom. The summed E-state index contributed by atoms with van der Waals surface area (Å²) in [5, 5.41) is 8.99. The van der Waals surface area contributed by atoms with Gasteiger partial charge in [0.2, 0.25) is 0 Å². The highest BCUT2D eigenvalue weighted by molar-refractivity contribution is 5.81. The fourth-order valence-electron chi connectivity index (χ4n) is 1.99. The van der Waals surface area contributed by atoms with Gasteiger partial charge in [-0.25, -0.2) is 5.84 Å². The van der Waals surface area contributed by atoms with Crippen LogP contribution in [0.25, 0.3) is 0 Å². The van der Waals surface area contributed by atoms with Gasteiger partial charge in [-0.1, -0.05) is 13.8 Å². The Kier molecular flexibility index (Phi) is 4.50. The average molecular weight is 215 g/mol. The number of aliphatic hydroxyl groups excluding tert-OH is 1. The molecule has 0 aromatic heterocycles. The van der Waals surface area contributed by atoms with E-state index in [0.29, 0.717) is 12.6 Å². The van der Waals surface area contributed by atoms with Gasteiger partial charge < -0.3 is 5.11 Å². The Morgan fingerprint density at radius 1 is 1.60 bits per heavy atom. The Morgan fingerprint density at radius 2 is 2.20 bits per heavy atom. The molecule has 1 atom stereocenters. The zero-order valence-corrected chi connectivity index (χ0v) is 9.44. The average Bonchev–Trinajstić information content (AvgIpc) is 2.99. The van der Waals surface area contributed by atoms with E-state index >= 15 is 0 Å². The first-order chi connectivity index (χ1) is 7.11. The number of hydrogen-bond donors (Lipinski definition) is 3. The summed E-state index contributed by atoms with van der Waals surface area (Å²) in [6.45, 7) is 4.61. The highest BCUT2D eigenvalue weighted by Gasteiger charge is 2.38. The largest absolute Gasteiger partial charge is 0.395 e. The Hall–Kier alpha value is -0.650. The number of nitrogens with two attached hydrogens (primary N) is 1. The van der Waals surface area contributed by atoms with Crippen LogP contribution >= 0.6 is 0 Å². The molecule has 1 aliphatic carbocycles. The highest BCUT2D eigenvalue weighted by Crippen LogP contribution is 2.30. The second-order valence-corrected chi connectivity index (χ2v) is 4.39. The molecular weight excluding hydrogens is 194 g/mol. The van der Waals surface area contributed by atoms with Gasteiger partial charge in [0.1, 0.15) is 0 Å². The van der Waals surface area contributed by atoms with Crippen LogP contribution in [-0.4, -0.2) is 41.1 Å². The molecule has 1 amide bonds. The molecule has 1 saturated carbocycles. The molecule has 0 aromatic rings. The number of aliphatic hydroxyl groups is 1. The fourth-order valence-corrected chi connectivity index (χ4v) is 1.99. The van der Waals surface area contributed by atoms with Crippen LogP contribution in [0, 0.1) is 5.92 Å². The summed E-state index contributed by atoms with van der Waals surface area (Å²) in [4.78, 5) is 13.7. The van der Waals surface area contributed by atoms with E-state index in [-0.39, 0.29) is 24.5 Å². The minimum Gasteiger partial charge on any atom is -0.395 e. The summed E-state index contributed by atoms with van der Waals surface area (Å²) in [6.07, 6.45) is 2.22. The van der Waals surface area contributed by atoms with Gasteiger partial charge in [-0.2, -0.15) is 0 Å². The van der Waals surface area contributed by atoms with Crippen molar-refractivity contribution in [3.63, 3.8) is 0 Å². The minimum atomic E-state index is -0.227. The van der Waals surface area contributed by atoms with E-state index in [0.717, 1.165) is 12.8 Å². The second kappa shape index (κ2) is 5.44. The number of rotatable bonds is 6. The molecule has 0 spiro atoms. The van der Waals surface area contributed by atoms with Crippen molar-refractivity contribution in [1.82, 2.24) is 10.3 Å². The lowest BCUT2D eigenvalue weighted by Gasteiger charge is -2.32. The monoisotopic (exact) mass is 215 g/mol. The summed E-state index contributed by atoms with van der Waals surface area (Å²) in [6, 6.07) is 0.219. The van der Waals surface area contributed by atoms with Gasteiger partial charge in [0.05, 0.1) is 12.6 Å². The van der Waals surface area contributed by atoms with Crippen molar-refractivity contribution in [2.45, 2.75) is 38.8 Å². The molecule has 1 aliphatic rings. The number of hydrazine groups is 1. The minimum absolute atomic E-state index is 0.0809. The van der Waals surface area contributed by atoms with Crippen molar-refractivity contribution >= 4 is 5.91 Å². The summed E-state index contributed by atoms with van der Waals surface area (Å²) in [7, 11) is 0. The molecule has 0 aromatic carbocycles. The Labute approximate surface area is 90.6 Å². The molecule has 5 nitrogen and oxygen atoms in total. The third-order valence-corrected chi connectivity index (χ3v) is 2.77. The van der Waals surface area contributed by atoms with Crippen LogP contribution in [0.2, 0.25) is 0 Å². The molecule has 0 heterocycles. The zero-order chi connectivity index (χ0) is 11.4. The number of hydrogen-bond acceptors (Lipinski definition) is 4. The molecule has 4 N–H and O–H groups in total. The third kappa shape index (κ3) is 3.15. The van der Waals surface area contributed by atoms with E-state index in [9.17, 15) is 4.79 Å². The molecule has 1 rings (SSSR count). The van der Waals surface area contributed by atoms with Crippen molar-refractivity contribution in [3.05, 3.63) is 0 Å². The third-order valence-electron chi connectivity index (χ3n) is 2.77. The molecule has 1 fully saturated rings. The van der Waals surface area contributed by atoms with E-state index < -0.39 is 0 Å². The van der Waals surface area contributed by atoms with E-state index in [4.69, 9.17) is 10.9 Å². The van der Waals surface area contributed by atoms with Gasteiger partial charge in [0.25, 0.3) is 5.91 Å². The summed E-state index contributed by atoms with van der Waals surface area (Å²) in [5.74, 6) is 5.21. The van der Waals surface area contributed by atoms with Crippen molar-refractivity contribution in [2.24, 2.45) is 11.8 Å². The molecule has 0 bridgehead atoms. The number of nitrogens with one attached hydrogen (secondary N) is 1. The van der Waals surface area contributed by atoms with Crippen molar-refractivity contribution in [3.8, 4) is 0 Å². The number of carbonyl (C=O) groups is 1. The predicted molar refractivity (Wildman–Crippen MR) is 57.8 cm³/mol. The van der Waals surface area contributed by atoms with Crippen LogP contribution in [0.4, 0.5) is 0 Å². The van der Waals surface area contributed by atoms with E-state index in [1.807, 2.05) is 13.8 Å². The maximum atomic E-state index is 11.6. The first-order valence-electron chi connectivity index (χ1n) is 5.48. The number of carbonyl (C=O) groups excluding carboxylic acids is 1. The molecule has 0 radical (unpaired) electrons. The fraction of sp³-hybridized carbons (Fsp3) is 0.900. The van der Waals surface area contributed by atoms with Gasteiger partial charge in [-0.05, 0) is 18.8 Å². The van der Waals surface area contributed by atoms with Crippen molar-refractivity contribution in [2.75, 3.05) is 13.2 Å². The summed E-state index contributed by atoms with van der Waals surface area (Å²) >= 11 is 0. The standard InChI is InChI=1S/C10H21N3O2/c1-7(2)9(10(15)12-11)13(5-6-14)8-3-4-8/h7-9,14H,3-6,11H2,1-2H3,(H,12,15). The van der Waals surface area contributed by atoms with E-state index in [1.165, 1.54) is 0 Å².